The molecule has 2 aromatic carbocycles. The van der Waals surface area contributed by atoms with Crippen LogP contribution >= 0.6 is 0 Å². The predicted octanol–water partition coefficient (Wildman–Crippen LogP) is 4.42. The lowest BCUT2D eigenvalue weighted by molar-refractivity contribution is -0.137. The van der Waals surface area contributed by atoms with Crippen LogP contribution in [0, 0.1) is 0 Å². The molecule has 2 aliphatic heterocycles. The number of carbonyl (C=O) groups is 1. The van der Waals surface area contributed by atoms with Gasteiger partial charge in [0.2, 0.25) is 5.91 Å². The monoisotopic (exact) mass is 420 g/mol. The highest BCUT2D eigenvalue weighted by Gasteiger charge is 2.31. The van der Waals surface area contributed by atoms with Crippen LogP contribution < -0.4 is 14.8 Å². The van der Waals surface area contributed by atoms with E-state index < -0.39 is 11.7 Å². The molecule has 0 spiro atoms. The number of halogens is 3. The molecule has 2 aromatic rings. The number of hydrogen-bond acceptors (Lipinski definition) is 4. The molecule has 0 radical (unpaired) electrons. The van der Waals surface area contributed by atoms with E-state index in [4.69, 9.17) is 9.47 Å². The van der Waals surface area contributed by atoms with Gasteiger partial charge in [0.1, 0.15) is 0 Å². The van der Waals surface area contributed by atoms with Gasteiger partial charge in [0.15, 0.2) is 11.5 Å². The van der Waals surface area contributed by atoms with Crippen LogP contribution in [0.3, 0.4) is 0 Å². The van der Waals surface area contributed by atoms with Gasteiger partial charge in [-0.2, -0.15) is 13.2 Å². The quantitative estimate of drug-likeness (QED) is 0.799. The van der Waals surface area contributed by atoms with Crippen LogP contribution in [0.15, 0.2) is 36.4 Å². The first-order valence-corrected chi connectivity index (χ1v) is 9.95. The Balaban J connectivity index is 1.45. The first-order chi connectivity index (χ1) is 14.3. The number of rotatable bonds is 3. The molecule has 1 N–H and O–H groups in total. The minimum atomic E-state index is -4.45. The van der Waals surface area contributed by atoms with Gasteiger partial charge in [-0.15, -0.1) is 0 Å². The summed E-state index contributed by atoms with van der Waals surface area (Å²) >= 11 is 0. The first kappa shape index (κ1) is 20.5. The number of hydrogen-bond donors (Lipinski definition) is 1. The zero-order valence-electron chi connectivity index (χ0n) is 16.6. The highest BCUT2D eigenvalue weighted by molar-refractivity contribution is 5.92. The predicted molar refractivity (Wildman–Crippen MR) is 106 cm³/mol. The van der Waals surface area contributed by atoms with Gasteiger partial charge >= 0.3 is 6.18 Å². The Bertz CT molecular complexity index is 946. The summed E-state index contributed by atoms with van der Waals surface area (Å²) < 4.78 is 50.2. The SMILES string of the molecule is C[C@@H]1c2cc3c(cc2CCN1CC(=O)Nc1cccc(C(F)(F)F)c1)OCCCO3. The fraction of sp³-hybridized carbons (Fsp3) is 0.409. The molecule has 0 fully saturated rings. The van der Waals surface area contributed by atoms with E-state index in [-0.39, 0.29) is 24.2 Å². The molecule has 5 nitrogen and oxygen atoms in total. The maximum absolute atomic E-state index is 12.9. The van der Waals surface area contributed by atoms with Crippen molar-refractivity contribution >= 4 is 11.6 Å². The van der Waals surface area contributed by atoms with Gasteiger partial charge in [-0.1, -0.05) is 6.07 Å². The Labute approximate surface area is 172 Å². The van der Waals surface area contributed by atoms with E-state index in [9.17, 15) is 18.0 Å². The molecule has 8 heteroatoms. The van der Waals surface area contributed by atoms with Gasteiger partial charge in [0.05, 0.1) is 25.3 Å². The van der Waals surface area contributed by atoms with Gasteiger partial charge in [0, 0.05) is 24.7 Å². The molecule has 1 amide bonds. The van der Waals surface area contributed by atoms with Crippen LogP contribution in [0.2, 0.25) is 0 Å². The van der Waals surface area contributed by atoms with E-state index in [0.29, 0.717) is 25.5 Å². The number of carbonyl (C=O) groups excluding carboxylic acids is 1. The van der Waals surface area contributed by atoms with Crippen LogP contribution in [-0.4, -0.2) is 37.1 Å². The summed E-state index contributed by atoms with van der Waals surface area (Å²) in [6, 6.07) is 8.64. The first-order valence-electron chi connectivity index (χ1n) is 9.95. The third-order valence-corrected chi connectivity index (χ3v) is 5.50. The molecule has 0 aromatic heterocycles. The molecule has 30 heavy (non-hydrogen) atoms. The van der Waals surface area contributed by atoms with Crippen LogP contribution in [0.4, 0.5) is 18.9 Å². The van der Waals surface area contributed by atoms with Gasteiger partial charge in [-0.3, -0.25) is 9.69 Å². The molecule has 0 aliphatic carbocycles. The Kier molecular flexibility index (Phi) is 5.60. The Morgan fingerprint density at radius 1 is 1.17 bits per heavy atom. The van der Waals surface area contributed by atoms with Gasteiger partial charge in [-0.05, 0) is 54.8 Å². The van der Waals surface area contributed by atoms with Crippen molar-refractivity contribution in [2.75, 3.05) is 31.6 Å². The average molecular weight is 420 g/mol. The van der Waals surface area contributed by atoms with Crippen molar-refractivity contribution in [3.8, 4) is 11.5 Å². The Hall–Kier alpha value is -2.74. The molecule has 4 rings (SSSR count). The van der Waals surface area contributed by atoms with E-state index in [1.165, 1.54) is 17.7 Å². The molecule has 0 saturated carbocycles. The van der Waals surface area contributed by atoms with Crippen molar-refractivity contribution in [2.24, 2.45) is 0 Å². The number of fused-ring (bicyclic) bond motifs is 2. The summed E-state index contributed by atoms with van der Waals surface area (Å²) in [7, 11) is 0. The number of ether oxygens (including phenoxy) is 2. The third-order valence-electron chi connectivity index (χ3n) is 5.50. The van der Waals surface area contributed by atoms with E-state index in [1.54, 1.807) is 0 Å². The molecule has 2 aliphatic rings. The lowest BCUT2D eigenvalue weighted by Crippen LogP contribution is -2.39. The Morgan fingerprint density at radius 3 is 2.63 bits per heavy atom. The second-order valence-corrected chi connectivity index (χ2v) is 7.57. The van der Waals surface area contributed by atoms with Crippen molar-refractivity contribution < 1.29 is 27.4 Å². The van der Waals surface area contributed by atoms with Gasteiger partial charge in [0.25, 0.3) is 0 Å². The summed E-state index contributed by atoms with van der Waals surface area (Å²) in [4.78, 5) is 14.5. The number of alkyl halides is 3. The van der Waals surface area contributed by atoms with E-state index in [2.05, 4.69) is 5.32 Å². The summed E-state index contributed by atoms with van der Waals surface area (Å²) in [6.07, 6.45) is -2.86. The largest absolute Gasteiger partial charge is 0.490 e. The lowest BCUT2D eigenvalue weighted by Gasteiger charge is -2.35. The highest BCUT2D eigenvalue weighted by Crippen LogP contribution is 2.39. The second kappa shape index (κ2) is 8.18. The number of amides is 1. The molecule has 0 saturated heterocycles. The Morgan fingerprint density at radius 2 is 1.90 bits per heavy atom. The zero-order valence-corrected chi connectivity index (χ0v) is 16.6. The van der Waals surface area contributed by atoms with Gasteiger partial charge in [-0.25, -0.2) is 0 Å². The minimum Gasteiger partial charge on any atom is -0.490 e. The summed E-state index contributed by atoms with van der Waals surface area (Å²) in [6.45, 7) is 4.00. The normalized spacial score (nSPS) is 19.0. The van der Waals surface area contributed by atoms with E-state index >= 15 is 0 Å². The molecular weight excluding hydrogens is 397 g/mol. The highest BCUT2D eigenvalue weighted by atomic mass is 19.4. The smallest absolute Gasteiger partial charge is 0.416 e. The van der Waals surface area contributed by atoms with Crippen LogP contribution in [0.5, 0.6) is 11.5 Å². The van der Waals surface area contributed by atoms with Crippen molar-refractivity contribution in [2.45, 2.75) is 32.0 Å². The number of nitrogens with one attached hydrogen (secondary N) is 1. The number of anilines is 1. The van der Waals surface area contributed by atoms with Crippen molar-refractivity contribution in [1.29, 1.82) is 0 Å². The molecule has 0 unspecified atom stereocenters. The van der Waals surface area contributed by atoms with Gasteiger partial charge < -0.3 is 14.8 Å². The average Bonchev–Trinajstić information content (AvgIpc) is 2.93. The molecule has 0 bridgehead atoms. The fourth-order valence-electron chi connectivity index (χ4n) is 3.90. The van der Waals surface area contributed by atoms with E-state index in [1.807, 2.05) is 24.0 Å². The summed E-state index contributed by atoms with van der Waals surface area (Å²) in [5.41, 5.74) is 1.60. The topological polar surface area (TPSA) is 50.8 Å². The second-order valence-electron chi connectivity index (χ2n) is 7.57. The maximum atomic E-state index is 12.9. The maximum Gasteiger partial charge on any atom is 0.416 e. The lowest BCUT2D eigenvalue weighted by atomic mass is 9.93. The van der Waals surface area contributed by atoms with Crippen molar-refractivity contribution in [3.05, 3.63) is 53.1 Å². The van der Waals surface area contributed by atoms with Crippen LogP contribution in [0.1, 0.15) is 36.1 Å². The molecule has 160 valence electrons. The summed E-state index contributed by atoms with van der Waals surface area (Å²) in [5.74, 6) is 1.13. The van der Waals surface area contributed by atoms with Crippen molar-refractivity contribution in [1.82, 2.24) is 4.90 Å². The number of benzene rings is 2. The molecule has 1 atom stereocenters. The van der Waals surface area contributed by atoms with E-state index in [0.717, 1.165) is 36.3 Å². The standard InChI is InChI=1S/C22H23F3N2O3/c1-14-18-12-20-19(29-8-3-9-30-20)10-15(18)6-7-27(14)13-21(28)26-17-5-2-4-16(11-17)22(23,24)25/h2,4-5,10-12,14H,3,6-9,13H2,1H3,(H,26,28)/t14-/m1/s1. The molecular formula is C22H23F3N2O3. The fourth-order valence-corrected chi connectivity index (χ4v) is 3.90. The molecule has 2 heterocycles. The van der Waals surface area contributed by atoms with Crippen molar-refractivity contribution in [3.63, 3.8) is 0 Å². The van der Waals surface area contributed by atoms with Crippen LogP contribution in [0.25, 0.3) is 0 Å². The summed E-state index contributed by atoms with van der Waals surface area (Å²) in [5, 5.41) is 2.58. The van der Waals surface area contributed by atoms with Crippen LogP contribution in [-0.2, 0) is 17.4 Å². The third kappa shape index (κ3) is 4.38. The minimum absolute atomic E-state index is 0.0295. The zero-order chi connectivity index (χ0) is 21.3. The number of nitrogens with zero attached hydrogens (tertiary/aromatic N) is 1.